The molecule has 1 atom stereocenters. The van der Waals surface area contributed by atoms with Gasteiger partial charge in [-0.1, -0.05) is 6.92 Å². The Labute approximate surface area is 116 Å². The van der Waals surface area contributed by atoms with Gasteiger partial charge in [0.1, 0.15) is 0 Å². The van der Waals surface area contributed by atoms with E-state index in [-0.39, 0.29) is 18.1 Å². The number of aliphatic hydroxyl groups excluding tert-OH is 1. The second-order valence-corrected chi connectivity index (χ2v) is 6.45. The number of hydrogen-bond acceptors (Lipinski definition) is 4. The number of aliphatic hydroxyl groups is 1. The maximum atomic E-state index is 12.0. The predicted octanol–water partition coefficient (Wildman–Crippen LogP) is 2.32. The lowest BCUT2D eigenvalue weighted by molar-refractivity contribution is -0.122. The van der Waals surface area contributed by atoms with Crippen LogP contribution in [0.4, 0.5) is 0 Å². The number of rotatable bonds is 6. The first kappa shape index (κ1) is 15.3. The van der Waals surface area contributed by atoms with Gasteiger partial charge in [0.2, 0.25) is 5.91 Å². The van der Waals surface area contributed by atoms with E-state index in [1.54, 1.807) is 0 Å². The second kappa shape index (κ2) is 6.45. The average molecular weight is 288 g/mol. The Morgan fingerprint density at radius 3 is 2.72 bits per heavy atom. The molecular weight excluding hydrogens is 268 g/mol. The minimum Gasteiger partial charge on any atom is -0.396 e. The number of carbonyl (C=O) groups excluding carboxylic acids is 1. The van der Waals surface area contributed by atoms with Crippen LogP contribution in [0.5, 0.6) is 0 Å². The number of thiazole rings is 1. The number of nitrogens with one attached hydrogen (secondary N) is 2. The van der Waals surface area contributed by atoms with Crippen LogP contribution >= 0.6 is 23.6 Å². The molecule has 1 amide bonds. The molecule has 6 heteroatoms. The maximum Gasteiger partial charge on any atom is 0.225 e. The van der Waals surface area contributed by atoms with Crippen molar-refractivity contribution in [2.45, 2.75) is 45.6 Å². The summed E-state index contributed by atoms with van der Waals surface area (Å²) < 4.78 is 0.698. The number of H-pyrrole nitrogens is 1. The molecule has 1 unspecified atom stereocenters. The van der Waals surface area contributed by atoms with Crippen molar-refractivity contribution in [3.63, 3.8) is 0 Å². The van der Waals surface area contributed by atoms with Crippen molar-refractivity contribution in [2.75, 3.05) is 6.61 Å². The van der Waals surface area contributed by atoms with E-state index in [9.17, 15) is 4.79 Å². The summed E-state index contributed by atoms with van der Waals surface area (Å²) in [5.41, 5.74) is 0.623. The molecule has 3 N–H and O–H groups in total. The van der Waals surface area contributed by atoms with Gasteiger partial charge in [-0.05, 0) is 38.9 Å². The van der Waals surface area contributed by atoms with E-state index in [0.717, 1.165) is 17.0 Å². The Morgan fingerprint density at radius 1 is 1.61 bits per heavy atom. The molecule has 0 bridgehead atoms. The Hall–Kier alpha value is -0.720. The standard InChI is InChI=1S/C12H20N2O2S2/c1-4-12(3,5-6-15)14-10(16)7-9-8(2)13-11(17)18-9/h15H,4-7H2,1-3H3,(H,13,17)(H,14,16). The SMILES string of the molecule is CCC(C)(CCO)NC(=O)Cc1sc(=S)[nH]c1C. The highest BCUT2D eigenvalue weighted by Gasteiger charge is 2.24. The van der Waals surface area contributed by atoms with Crippen molar-refractivity contribution in [1.82, 2.24) is 10.3 Å². The van der Waals surface area contributed by atoms with Crippen LogP contribution in [0.1, 0.15) is 37.3 Å². The molecule has 0 aliphatic heterocycles. The van der Waals surface area contributed by atoms with Gasteiger partial charge < -0.3 is 15.4 Å². The first-order chi connectivity index (χ1) is 8.40. The van der Waals surface area contributed by atoms with Gasteiger partial charge in [0.05, 0.1) is 6.42 Å². The summed E-state index contributed by atoms with van der Waals surface area (Å²) in [5.74, 6) is -0.0267. The molecule has 4 nitrogen and oxygen atoms in total. The van der Waals surface area contributed by atoms with Gasteiger partial charge in [-0.15, -0.1) is 11.3 Å². The van der Waals surface area contributed by atoms with Gasteiger partial charge in [0.15, 0.2) is 3.95 Å². The van der Waals surface area contributed by atoms with Crippen LogP contribution in [0.15, 0.2) is 0 Å². The smallest absolute Gasteiger partial charge is 0.225 e. The fourth-order valence-electron chi connectivity index (χ4n) is 1.71. The monoisotopic (exact) mass is 288 g/mol. The lowest BCUT2D eigenvalue weighted by Gasteiger charge is -2.29. The van der Waals surface area contributed by atoms with Crippen molar-refractivity contribution in [1.29, 1.82) is 0 Å². The number of aromatic amines is 1. The molecule has 0 aromatic carbocycles. The summed E-state index contributed by atoms with van der Waals surface area (Å²) in [6.07, 6.45) is 1.70. The molecule has 0 saturated carbocycles. The third kappa shape index (κ3) is 4.19. The molecule has 0 saturated heterocycles. The molecule has 1 heterocycles. The molecule has 1 aromatic rings. The Bertz CT molecular complexity index is 467. The summed E-state index contributed by atoms with van der Waals surface area (Å²) in [6, 6.07) is 0. The number of aryl methyl sites for hydroxylation is 1. The van der Waals surface area contributed by atoms with E-state index in [1.165, 1.54) is 11.3 Å². The normalized spacial score (nSPS) is 14.2. The zero-order valence-electron chi connectivity index (χ0n) is 11.0. The van der Waals surface area contributed by atoms with Crippen LogP contribution in [-0.4, -0.2) is 28.1 Å². The number of carbonyl (C=O) groups is 1. The maximum absolute atomic E-state index is 12.0. The highest BCUT2D eigenvalue weighted by Crippen LogP contribution is 2.17. The molecule has 0 aliphatic rings. The van der Waals surface area contributed by atoms with Gasteiger partial charge in [0, 0.05) is 22.7 Å². The van der Waals surface area contributed by atoms with Crippen LogP contribution in [0.3, 0.4) is 0 Å². The first-order valence-corrected chi connectivity index (χ1v) is 7.23. The summed E-state index contributed by atoms with van der Waals surface area (Å²) in [7, 11) is 0. The quantitative estimate of drug-likeness (QED) is 0.704. The average Bonchev–Trinajstić information content (AvgIpc) is 2.57. The molecule has 102 valence electrons. The third-order valence-electron chi connectivity index (χ3n) is 3.13. The van der Waals surface area contributed by atoms with Gasteiger partial charge in [-0.2, -0.15) is 0 Å². The number of aromatic nitrogens is 1. The van der Waals surface area contributed by atoms with Crippen molar-refractivity contribution < 1.29 is 9.90 Å². The lowest BCUT2D eigenvalue weighted by Crippen LogP contribution is -2.46. The molecule has 18 heavy (non-hydrogen) atoms. The minimum absolute atomic E-state index is 0.0267. The molecule has 0 spiro atoms. The van der Waals surface area contributed by atoms with E-state index in [2.05, 4.69) is 10.3 Å². The largest absolute Gasteiger partial charge is 0.396 e. The van der Waals surface area contributed by atoms with Crippen molar-refractivity contribution in [3.05, 3.63) is 14.5 Å². The molecule has 0 radical (unpaired) electrons. The van der Waals surface area contributed by atoms with Crippen molar-refractivity contribution >= 4 is 29.5 Å². The van der Waals surface area contributed by atoms with E-state index >= 15 is 0 Å². The van der Waals surface area contributed by atoms with Crippen molar-refractivity contribution in [3.8, 4) is 0 Å². The third-order valence-corrected chi connectivity index (χ3v) is 4.47. The van der Waals surface area contributed by atoms with E-state index in [0.29, 0.717) is 16.8 Å². The highest BCUT2D eigenvalue weighted by atomic mass is 32.1. The molecule has 0 aliphatic carbocycles. The Balaban J connectivity index is 2.66. The number of hydrogen-bond donors (Lipinski definition) is 3. The van der Waals surface area contributed by atoms with Crippen LogP contribution in [0, 0.1) is 10.9 Å². The van der Waals surface area contributed by atoms with Crippen LogP contribution < -0.4 is 5.32 Å². The van der Waals surface area contributed by atoms with Gasteiger partial charge >= 0.3 is 0 Å². The number of amides is 1. The van der Waals surface area contributed by atoms with Crippen LogP contribution in [0.25, 0.3) is 0 Å². The van der Waals surface area contributed by atoms with Crippen LogP contribution in [0.2, 0.25) is 0 Å². The fraction of sp³-hybridized carbons (Fsp3) is 0.667. The lowest BCUT2D eigenvalue weighted by atomic mass is 9.94. The highest BCUT2D eigenvalue weighted by molar-refractivity contribution is 7.73. The molecule has 0 fully saturated rings. The first-order valence-electron chi connectivity index (χ1n) is 6.00. The predicted molar refractivity (Wildman–Crippen MR) is 76.5 cm³/mol. The molecule has 1 rings (SSSR count). The van der Waals surface area contributed by atoms with Crippen molar-refractivity contribution in [2.24, 2.45) is 0 Å². The van der Waals surface area contributed by atoms with E-state index in [4.69, 9.17) is 17.3 Å². The summed E-state index contributed by atoms with van der Waals surface area (Å²) in [4.78, 5) is 16.0. The van der Waals surface area contributed by atoms with E-state index < -0.39 is 0 Å². The fourth-order valence-corrected chi connectivity index (χ4v) is 3.00. The molecule has 1 aromatic heterocycles. The summed E-state index contributed by atoms with van der Waals surface area (Å²) >= 11 is 6.48. The topological polar surface area (TPSA) is 65.1 Å². The van der Waals surface area contributed by atoms with Gasteiger partial charge in [-0.3, -0.25) is 4.79 Å². The Kier molecular flexibility index (Phi) is 5.49. The Morgan fingerprint density at radius 2 is 2.28 bits per heavy atom. The van der Waals surface area contributed by atoms with Crippen LogP contribution in [-0.2, 0) is 11.2 Å². The molecular formula is C12H20N2O2S2. The zero-order chi connectivity index (χ0) is 13.8. The van der Waals surface area contributed by atoms with Gasteiger partial charge in [-0.25, -0.2) is 0 Å². The minimum atomic E-state index is -0.336. The second-order valence-electron chi connectivity index (χ2n) is 4.68. The summed E-state index contributed by atoms with van der Waals surface area (Å²) in [5, 5.41) is 12.0. The van der Waals surface area contributed by atoms with Gasteiger partial charge in [0.25, 0.3) is 0 Å². The van der Waals surface area contributed by atoms with E-state index in [1.807, 2.05) is 20.8 Å². The summed E-state index contributed by atoms with van der Waals surface area (Å²) in [6.45, 7) is 5.95. The zero-order valence-corrected chi connectivity index (χ0v) is 12.6.